The summed E-state index contributed by atoms with van der Waals surface area (Å²) in [6, 6.07) is 5.56. The van der Waals surface area contributed by atoms with Gasteiger partial charge in [-0.3, -0.25) is 13.9 Å². The highest BCUT2D eigenvalue weighted by Crippen LogP contribution is 2.28. The second-order valence-electron chi connectivity index (χ2n) is 4.65. The molecule has 3 rings (SSSR count). The van der Waals surface area contributed by atoms with E-state index in [0.717, 1.165) is 9.44 Å². The van der Waals surface area contributed by atoms with E-state index in [0.29, 0.717) is 21.9 Å². The zero-order chi connectivity index (χ0) is 15.3. The van der Waals surface area contributed by atoms with Crippen LogP contribution < -0.4 is 11.2 Å². The minimum Gasteiger partial charge on any atom is -0.321 e. The Morgan fingerprint density at radius 1 is 1.14 bits per heavy atom. The molecule has 0 spiro atoms. The van der Waals surface area contributed by atoms with Gasteiger partial charge in [0.1, 0.15) is 10.9 Å². The molecule has 0 atom stereocenters. The van der Waals surface area contributed by atoms with Crippen molar-refractivity contribution in [2.24, 2.45) is 21.1 Å². The van der Waals surface area contributed by atoms with E-state index in [-0.39, 0.29) is 5.56 Å². The number of thiophene rings is 1. The van der Waals surface area contributed by atoms with Crippen LogP contribution in [0.1, 0.15) is 4.88 Å². The molecule has 0 aliphatic carbocycles. The fraction of sp³-hybridized carbons (Fsp3) is 0.231. The number of imidazole rings is 1. The van der Waals surface area contributed by atoms with E-state index in [1.807, 2.05) is 0 Å². The molecule has 3 heterocycles. The molecule has 3 aromatic rings. The van der Waals surface area contributed by atoms with Gasteiger partial charge in [-0.2, -0.15) is 5.26 Å². The second-order valence-corrected chi connectivity index (χ2v) is 5.73. The third-order valence-corrected chi connectivity index (χ3v) is 4.40. The average Bonchev–Trinajstić information content (AvgIpc) is 3.07. The van der Waals surface area contributed by atoms with Gasteiger partial charge in [-0.1, -0.05) is 0 Å². The van der Waals surface area contributed by atoms with Gasteiger partial charge in [-0.25, -0.2) is 9.78 Å². The lowest BCUT2D eigenvalue weighted by Crippen LogP contribution is -2.37. The molecular weight excluding hydrogens is 290 g/mol. The second kappa shape index (κ2) is 4.43. The van der Waals surface area contributed by atoms with Crippen LogP contribution in [0.3, 0.4) is 0 Å². The van der Waals surface area contributed by atoms with Crippen LogP contribution in [-0.4, -0.2) is 18.7 Å². The lowest BCUT2D eigenvalue weighted by molar-refractivity contribution is 0.705. The number of aromatic nitrogens is 4. The van der Waals surface area contributed by atoms with Crippen molar-refractivity contribution in [1.82, 2.24) is 18.7 Å². The van der Waals surface area contributed by atoms with E-state index >= 15 is 0 Å². The van der Waals surface area contributed by atoms with E-state index in [1.165, 1.54) is 23.0 Å². The summed E-state index contributed by atoms with van der Waals surface area (Å²) in [5.74, 6) is 0.565. The Morgan fingerprint density at radius 2 is 1.86 bits per heavy atom. The molecule has 0 N–H and O–H groups in total. The molecule has 0 aliphatic rings. The quantitative estimate of drug-likeness (QED) is 0.657. The Hall–Kier alpha value is -2.66. The van der Waals surface area contributed by atoms with E-state index in [1.54, 1.807) is 30.8 Å². The summed E-state index contributed by atoms with van der Waals surface area (Å²) < 4.78 is 4.06. The molecule has 0 saturated carbocycles. The van der Waals surface area contributed by atoms with Crippen molar-refractivity contribution in [3.05, 3.63) is 37.8 Å². The zero-order valence-electron chi connectivity index (χ0n) is 11.6. The first-order valence-corrected chi connectivity index (χ1v) is 6.90. The summed E-state index contributed by atoms with van der Waals surface area (Å²) in [4.78, 5) is 30.0. The van der Waals surface area contributed by atoms with Crippen molar-refractivity contribution < 1.29 is 0 Å². The van der Waals surface area contributed by atoms with Crippen LogP contribution in [0.15, 0.2) is 21.7 Å². The Labute approximate surface area is 122 Å². The number of hydrogen-bond acceptors (Lipinski definition) is 5. The molecule has 0 radical (unpaired) electrons. The molecular formula is C13H11N5O2S. The Bertz CT molecular complexity index is 1030. The number of nitrogens with zero attached hydrogens (tertiary/aromatic N) is 5. The Balaban J connectivity index is 2.43. The molecule has 106 valence electrons. The van der Waals surface area contributed by atoms with E-state index in [4.69, 9.17) is 5.26 Å². The molecule has 21 heavy (non-hydrogen) atoms. The number of nitriles is 1. The van der Waals surface area contributed by atoms with Crippen LogP contribution in [0.4, 0.5) is 0 Å². The highest BCUT2D eigenvalue weighted by atomic mass is 32.1. The molecule has 0 bridgehead atoms. The lowest BCUT2D eigenvalue weighted by atomic mass is 10.4. The Morgan fingerprint density at radius 3 is 2.48 bits per heavy atom. The molecule has 0 fully saturated rings. The minimum atomic E-state index is -0.416. The predicted octanol–water partition coefficient (Wildman–Crippen LogP) is 0.571. The number of fused-ring (bicyclic) bond motifs is 1. The monoisotopic (exact) mass is 301 g/mol. The fourth-order valence-corrected chi connectivity index (χ4v) is 3.09. The molecule has 3 aromatic heterocycles. The van der Waals surface area contributed by atoms with Crippen molar-refractivity contribution in [2.45, 2.75) is 0 Å². The number of aryl methyl sites for hydroxylation is 2. The largest absolute Gasteiger partial charge is 0.332 e. The molecule has 0 aliphatic heterocycles. The van der Waals surface area contributed by atoms with E-state index in [2.05, 4.69) is 11.1 Å². The van der Waals surface area contributed by atoms with Gasteiger partial charge < -0.3 is 4.57 Å². The number of rotatable bonds is 1. The van der Waals surface area contributed by atoms with Crippen LogP contribution in [0.2, 0.25) is 0 Å². The molecule has 8 heteroatoms. The van der Waals surface area contributed by atoms with Gasteiger partial charge in [0.05, 0.1) is 4.88 Å². The summed E-state index contributed by atoms with van der Waals surface area (Å²) in [5.41, 5.74) is -0.0959. The molecule has 0 aromatic carbocycles. The van der Waals surface area contributed by atoms with Crippen LogP contribution in [0, 0.1) is 11.3 Å². The first-order valence-electron chi connectivity index (χ1n) is 6.08. The SMILES string of the molecule is Cn1c(=O)c2c(nc(-c3ccc(C#N)s3)n2C)n(C)c1=O. The standard InChI is InChI=1S/C13H11N5O2S/c1-16-9-11(17(2)13(20)18(3)12(9)19)15-10(16)8-5-4-7(6-14)21-8/h4-5H,1-3H3. The van der Waals surface area contributed by atoms with Gasteiger partial charge in [-0.05, 0) is 12.1 Å². The smallest absolute Gasteiger partial charge is 0.321 e. The maximum absolute atomic E-state index is 12.3. The van der Waals surface area contributed by atoms with Gasteiger partial charge in [-0.15, -0.1) is 11.3 Å². The van der Waals surface area contributed by atoms with Crippen molar-refractivity contribution in [2.75, 3.05) is 0 Å². The molecule has 7 nitrogen and oxygen atoms in total. The summed E-state index contributed by atoms with van der Waals surface area (Å²) in [7, 11) is 4.74. The first kappa shape index (κ1) is 13.3. The van der Waals surface area contributed by atoms with Gasteiger partial charge in [0.15, 0.2) is 17.0 Å². The van der Waals surface area contributed by atoms with E-state index in [9.17, 15) is 9.59 Å². The Kier molecular flexibility index (Phi) is 2.81. The summed E-state index contributed by atoms with van der Waals surface area (Å²) in [6.07, 6.45) is 0. The maximum Gasteiger partial charge on any atom is 0.332 e. The minimum absolute atomic E-state index is 0.340. The van der Waals surface area contributed by atoms with Gasteiger partial charge in [0.25, 0.3) is 5.56 Å². The van der Waals surface area contributed by atoms with Crippen LogP contribution >= 0.6 is 11.3 Å². The molecule has 0 unspecified atom stereocenters. The fourth-order valence-electron chi connectivity index (χ4n) is 2.26. The average molecular weight is 301 g/mol. The highest BCUT2D eigenvalue weighted by molar-refractivity contribution is 7.15. The first-order chi connectivity index (χ1) is 9.95. The van der Waals surface area contributed by atoms with Crippen molar-refractivity contribution in [1.29, 1.82) is 5.26 Å². The van der Waals surface area contributed by atoms with Gasteiger partial charge >= 0.3 is 5.69 Å². The van der Waals surface area contributed by atoms with Crippen molar-refractivity contribution >= 4 is 22.5 Å². The normalized spacial score (nSPS) is 11.0. The zero-order valence-corrected chi connectivity index (χ0v) is 12.4. The van der Waals surface area contributed by atoms with Gasteiger partial charge in [0.2, 0.25) is 0 Å². The third kappa shape index (κ3) is 1.75. The van der Waals surface area contributed by atoms with E-state index < -0.39 is 5.69 Å². The van der Waals surface area contributed by atoms with Crippen LogP contribution in [0.25, 0.3) is 21.9 Å². The highest BCUT2D eigenvalue weighted by Gasteiger charge is 2.18. The van der Waals surface area contributed by atoms with Crippen molar-refractivity contribution in [3.63, 3.8) is 0 Å². The van der Waals surface area contributed by atoms with Gasteiger partial charge in [0, 0.05) is 21.1 Å². The topological polar surface area (TPSA) is 85.6 Å². The summed E-state index contributed by atoms with van der Waals surface area (Å²) in [5, 5.41) is 8.90. The third-order valence-electron chi connectivity index (χ3n) is 3.41. The van der Waals surface area contributed by atoms with Crippen LogP contribution in [0.5, 0.6) is 0 Å². The van der Waals surface area contributed by atoms with Crippen LogP contribution in [-0.2, 0) is 21.1 Å². The predicted molar refractivity (Wildman–Crippen MR) is 79.2 cm³/mol. The number of hydrogen-bond donors (Lipinski definition) is 0. The molecule has 0 amide bonds. The maximum atomic E-state index is 12.3. The summed E-state index contributed by atoms with van der Waals surface area (Å²) >= 11 is 1.29. The summed E-state index contributed by atoms with van der Waals surface area (Å²) in [6.45, 7) is 0. The molecule has 0 saturated heterocycles. The lowest BCUT2D eigenvalue weighted by Gasteiger charge is -2.03. The van der Waals surface area contributed by atoms with Crippen molar-refractivity contribution in [3.8, 4) is 16.8 Å².